The molecule has 0 bridgehead atoms. The number of hydrogen-bond donors (Lipinski definition) is 0. The van der Waals surface area contributed by atoms with Crippen molar-refractivity contribution in [1.82, 2.24) is 4.98 Å². The van der Waals surface area contributed by atoms with Gasteiger partial charge in [-0.1, -0.05) is 19.8 Å². The highest BCUT2D eigenvalue weighted by atomic mass is 16.5. The normalized spacial score (nSPS) is 25.4. The van der Waals surface area contributed by atoms with Crippen LogP contribution in [0.4, 0.5) is 0 Å². The standard InChI is InChI=1S/C14H21NO/c1-10-4-6-12(7-5-10)13-11(2)8-9-15-14(13)16-3/h8-10,12H,4-7H2,1-3H3. The lowest BCUT2D eigenvalue weighted by Crippen LogP contribution is -2.13. The first-order valence-corrected chi connectivity index (χ1v) is 6.22. The predicted octanol–water partition coefficient (Wildman–Crippen LogP) is 3.69. The summed E-state index contributed by atoms with van der Waals surface area (Å²) in [7, 11) is 1.72. The Labute approximate surface area is 98.0 Å². The third-order valence-electron chi connectivity index (χ3n) is 3.79. The van der Waals surface area contributed by atoms with Crippen molar-refractivity contribution in [2.45, 2.75) is 45.4 Å². The maximum Gasteiger partial charge on any atom is 0.216 e. The Morgan fingerprint density at radius 3 is 2.56 bits per heavy atom. The quantitative estimate of drug-likeness (QED) is 0.756. The minimum absolute atomic E-state index is 0.653. The van der Waals surface area contributed by atoms with Crippen LogP contribution in [0.5, 0.6) is 5.88 Å². The zero-order valence-electron chi connectivity index (χ0n) is 10.5. The Kier molecular flexibility index (Phi) is 3.47. The van der Waals surface area contributed by atoms with Crippen LogP contribution >= 0.6 is 0 Å². The highest BCUT2D eigenvalue weighted by molar-refractivity contribution is 5.37. The van der Waals surface area contributed by atoms with Gasteiger partial charge in [0, 0.05) is 11.8 Å². The molecular formula is C14H21NO. The van der Waals surface area contributed by atoms with Gasteiger partial charge in [-0.15, -0.1) is 0 Å². The maximum absolute atomic E-state index is 5.40. The molecule has 1 aromatic heterocycles. The zero-order valence-corrected chi connectivity index (χ0v) is 10.5. The van der Waals surface area contributed by atoms with Crippen molar-refractivity contribution < 1.29 is 4.74 Å². The number of nitrogens with zero attached hydrogens (tertiary/aromatic N) is 1. The summed E-state index contributed by atoms with van der Waals surface area (Å²) in [4.78, 5) is 4.33. The van der Waals surface area contributed by atoms with Crippen LogP contribution in [0.3, 0.4) is 0 Å². The van der Waals surface area contributed by atoms with Crippen molar-refractivity contribution in [3.8, 4) is 5.88 Å². The molecule has 2 nitrogen and oxygen atoms in total. The third-order valence-corrected chi connectivity index (χ3v) is 3.79. The molecule has 1 fully saturated rings. The molecule has 0 radical (unpaired) electrons. The molecule has 0 atom stereocenters. The highest BCUT2D eigenvalue weighted by Gasteiger charge is 2.24. The van der Waals surface area contributed by atoms with Gasteiger partial charge in [0.15, 0.2) is 0 Å². The van der Waals surface area contributed by atoms with E-state index in [1.807, 2.05) is 6.20 Å². The van der Waals surface area contributed by atoms with Crippen molar-refractivity contribution in [1.29, 1.82) is 0 Å². The maximum atomic E-state index is 5.40. The van der Waals surface area contributed by atoms with Crippen LogP contribution in [0, 0.1) is 12.8 Å². The summed E-state index contributed by atoms with van der Waals surface area (Å²) in [6.45, 7) is 4.52. The van der Waals surface area contributed by atoms with Crippen LogP contribution in [0.15, 0.2) is 12.3 Å². The van der Waals surface area contributed by atoms with Gasteiger partial charge in [0.2, 0.25) is 5.88 Å². The Morgan fingerprint density at radius 2 is 1.94 bits per heavy atom. The SMILES string of the molecule is COc1nccc(C)c1C1CCC(C)CC1. The lowest BCUT2D eigenvalue weighted by molar-refractivity contribution is 0.331. The largest absolute Gasteiger partial charge is 0.481 e. The summed E-state index contributed by atoms with van der Waals surface area (Å²) in [6, 6.07) is 2.09. The summed E-state index contributed by atoms with van der Waals surface area (Å²) >= 11 is 0. The number of hydrogen-bond acceptors (Lipinski definition) is 2. The van der Waals surface area contributed by atoms with E-state index in [0.717, 1.165) is 11.8 Å². The molecule has 0 aromatic carbocycles. The molecule has 2 heteroatoms. The van der Waals surface area contributed by atoms with Crippen LogP contribution < -0.4 is 4.74 Å². The Hall–Kier alpha value is -1.05. The second-order valence-corrected chi connectivity index (χ2v) is 5.01. The van der Waals surface area contributed by atoms with E-state index >= 15 is 0 Å². The van der Waals surface area contributed by atoms with E-state index in [1.165, 1.54) is 36.8 Å². The monoisotopic (exact) mass is 219 g/mol. The van der Waals surface area contributed by atoms with Gasteiger partial charge in [-0.25, -0.2) is 4.98 Å². The van der Waals surface area contributed by atoms with E-state index < -0.39 is 0 Å². The van der Waals surface area contributed by atoms with Crippen LogP contribution in [-0.4, -0.2) is 12.1 Å². The van der Waals surface area contributed by atoms with Crippen molar-refractivity contribution in [2.24, 2.45) is 5.92 Å². The number of pyridine rings is 1. The molecule has 88 valence electrons. The van der Waals surface area contributed by atoms with Crippen LogP contribution in [0.1, 0.15) is 49.7 Å². The van der Waals surface area contributed by atoms with E-state index in [2.05, 4.69) is 24.9 Å². The summed E-state index contributed by atoms with van der Waals surface area (Å²) in [6.07, 6.45) is 7.07. The van der Waals surface area contributed by atoms with E-state index in [9.17, 15) is 0 Å². The van der Waals surface area contributed by atoms with Gasteiger partial charge in [-0.05, 0) is 43.2 Å². The number of methoxy groups -OCH3 is 1. The van der Waals surface area contributed by atoms with Crippen molar-refractivity contribution in [2.75, 3.05) is 7.11 Å². The van der Waals surface area contributed by atoms with Gasteiger partial charge in [-0.3, -0.25) is 0 Å². The average Bonchev–Trinajstić information content (AvgIpc) is 2.30. The van der Waals surface area contributed by atoms with Crippen molar-refractivity contribution >= 4 is 0 Å². The molecule has 1 aliphatic carbocycles. The summed E-state index contributed by atoms with van der Waals surface area (Å²) in [5.74, 6) is 2.37. The molecule has 2 rings (SSSR count). The molecule has 0 saturated heterocycles. The van der Waals surface area contributed by atoms with Gasteiger partial charge in [0.1, 0.15) is 0 Å². The first-order valence-electron chi connectivity index (χ1n) is 6.22. The molecule has 0 unspecified atom stereocenters. The molecule has 0 N–H and O–H groups in total. The lowest BCUT2D eigenvalue weighted by Gasteiger charge is -2.28. The van der Waals surface area contributed by atoms with Gasteiger partial charge >= 0.3 is 0 Å². The summed E-state index contributed by atoms with van der Waals surface area (Å²) < 4.78 is 5.40. The minimum atomic E-state index is 0.653. The van der Waals surface area contributed by atoms with E-state index in [0.29, 0.717) is 5.92 Å². The fourth-order valence-corrected chi connectivity index (χ4v) is 2.75. The van der Waals surface area contributed by atoms with Crippen LogP contribution in [0.25, 0.3) is 0 Å². The predicted molar refractivity (Wildman–Crippen MR) is 65.9 cm³/mol. The number of aromatic nitrogens is 1. The van der Waals surface area contributed by atoms with Gasteiger partial charge in [0.05, 0.1) is 7.11 Å². The second-order valence-electron chi connectivity index (χ2n) is 5.01. The molecule has 0 spiro atoms. The summed E-state index contributed by atoms with van der Waals surface area (Å²) in [5, 5.41) is 0. The van der Waals surface area contributed by atoms with Crippen molar-refractivity contribution in [3.63, 3.8) is 0 Å². The van der Waals surface area contributed by atoms with Gasteiger partial charge in [0.25, 0.3) is 0 Å². The number of rotatable bonds is 2. The number of ether oxygens (including phenoxy) is 1. The van der Waals surface area contributed by atoms with Crippen LogP contribution in [-0.2, 0) is 0 Å². The van der Waals surface area contributed by atoms with Crippen LogP contribution in [0.2, 0.25) is 0 Å². The molecule has 1 aromatic rings. The molecule has 16 heavy (non-hydrogen) atoms. The van der Waals surface area contributed by atoms with Crippen molar-refractivity contribution in [3.05, 3.63) is 23.4 Å². The average molecular weight is 219 g/mol. The molecule has 0 amide bonds. The molecule has 1 saturated carbocycles. The first kappa shape index (κ1) is 11.4. The zero-order chi connectivity index (χ0) is 11.5. The van der Waals surface area contributed by atoms with E-state index in [1.54, 1.807) is 7.11 Å². The third kappa shape index (κ3) is 2.21. The lowest BCUT2D eigenvalue weighted by atomic mass is 9.78. The van der Waals surface area contributed by atoms with Gasteiger partial charge < -0.3 is 4.74 Å². The fourth-order valence-electron chi connectivity index (χ4n) is 2.75. The Bertz CT molecular complexity index is 354. The smallest absolute Gasteiger partial charge is 0.216 e. The summed E-state index contributed by atoms with van der Waals surface area (Å²) in [5.41, 5.74) is 2.67. The molecule has 1 heterocycles. The van der Waals surface area contributed by atoms with Gasteiger partial charge in [-0.2, -0.15) is 0 Å². The molecule has 0 aliphatic heterocycles. The Balaban J connectivity index is 2.25. The highest BCUT2D eigenvalue weighted by Crippen LogP contribution is 2.39. The second kappa shape index (κ2) is 4.86. The van der Waals surface area contributed by atoms with E-state index in [4.69, 9.17) is 4.74 Å². The minimum Gasteiger partial charge on any atom is -0.481 e. The topological polar surface area (TPSA) is 22.1 Å². The Morgan fingerprint density at radius 1 is 1.25 bits per heavy atom. The number of aryl methyl sites for hydroxylation is 1. The molecule has 1 aliphatic rings. The molecular weight excluding hydrogens is 198 g/mol. The van der Waals surface area contributed by atoms with E-state index in [-0.39, 0.29) is 0 Å². The fraction of sp³-hybridized carbons (Fsp3) is 0.643. The first-order chi connectivity index (χ1) is 7.72.